The van der Waals surface area contributed by atoms with E-state index in [2.05, 4.69) is 34.4 Å². The van der Waals surface area contributed by atoms with Gasteiger partial charge in [0.25, 0.3) is 0 Å². The maximum absolute atomic E-state index is 2.49. The molecule has 1 aliphatic heterocycles. The minimum Gasteiger partial charge on any atom is -0.158 e. The highest BCUT2D eigenvalue weighted by atomic mass is 127. The Morgan fingerprint density at radius 3 is 2.75 bits per heavy atom. The molecule has 0 aromatic rings. The molecule has 0 bridgehead atoms. The van der Waals surface area contributed by atoms with Crippen molar-refractivity contribution < 1.29 is 0 Å². The van der Waals surface area contributed by atoms with Gasteiger partial charge in [0, 0.05) is 9.68 Å². The fourth-order valence-electron chi connectivity index (χ4n) is 0.929. The highest BCUT2D eigenvalue weighted by Gasteiger charge is 2.10. The van der Waals surface area contributed by atoms with Crippen LogP contribution in [0.2, 0.25) is 0 Å². The number of thioether (sulfide) groups is 1. The van der Waals surface area contributed by atoms with Gasteiger partial charge >= 0.3 is 0 Å². The third-order valence-corrected chi connectivity index (χ3v) is 4.51. The first-order chi connectivity index (χ1) is 3.93. The maximum atomic E-state index is 2.49. The van der Waals surface area contributed by atoms with Crippen molar-refractivity contribution in [2.24, 2.45) is 0 Å². The van der Waals surface area contributed by atoms with Gasteiger partial charge in [-0.15, -0.1) is 0 Å². The summed E-state index contributed by atoms with van der Waals surface area (Å²) in [5.74, 6) is 1.41. The van der Waals surface area contributed by atoms with Crippen LogP contribution in [0, 0.1) is 0 Å². The largest absolute Gasteiger partial charge is 0.158 e. The lowest BCUT2D eigenvalue weighted by molar-refractivity contribution is 0.701. The van der Waals surface area contributed by atoms with Crippen molar-refractivity contribution in [1.29, 1.82) is 0 Å². The highest BCUT2D eigenvalue weighted by Crippen LogP contribution is 2.25. The molecule has 1 rings (SSSR count). The fraction of sp³-hybridized carbons (Fsp3) is 1.00. The number of hydrogen-bond acceptors (Lipinski definition) is 1. The average molecular weight is 242 g/mol. The number of hydrogen-bond donors (Lipinski definition) is 0. The second-order valence-corrected chi connectivity index (χ2v) is 4.43. The van der Waals surface area contributed by atoms with Crippen molar-refractivity contribution in [3.8, 4) is 0 Å². The van der Waals surface area contributed by atoms with E-state index in [-0.39, 0.29) is 0 Å². The van der Waals surface area contributed by atoms with Crippen molar-refractivity contribution in [3.05, 3.63) is 0 Å². The number of alkyl halides is 1. The Bertz CT molecular complexity index is 59.5. The Balaban J connectivity index is 2.13. The minimum absolute atomic E-state index is 0.990. The molecule has 0 N–H and O–H groups in total. The Kier molecular flexibility index (Phi) is 3.58. The predicted molar refractivity (Wildman–Crippen MR) is 49.0 cm³/mol. The molecule has 1 unspecified atom stereocenters. The van der Waals surface area contributed by atoms with Crippen molar-refractivity contribution in [2.75, 3.05) is 10.2 Å². The van der Waals surface area contributed by atoms with Crippen LogP contribution in [0.15, 0.2) is 0 Å². The van der Waals surface area contributed by atoms with E-state index in [9.17, 15) is 0 Å². The second kappa shape index (κ2) is 3.99. The van der Waals surface area contributed by atoms with Crippen LogP contribution in [-0.2, 0) is 0 Å². The molecule has 0 radical (unpaired) electrons. The molecule has 0 amide bonds. The third kappa shape index (κ3) is 2.13. The van der Waals surface area contributed by atoms with Crippen LogP contribution in [0.3, 0.4) is 0 Å². The molecule has 2 heteroatoms. The zero-order chi connectivity index (χ0) is 5.82. The quantitative estimate of drug-likeness (QED) is 0.503. The molecule has 0 saturated carbocycles. The van der Waals surface area contributed by atoms with Gasteiger partial charge in [-0.1, -0.05) is 29.0 Å². The molecule has 0 spiro atoms. The van der Waals surface area contributed by atoms with E-state index in [4.69, 9.17) is 0 Å². The van der Waals surface area contributed by atoms with Gasteiger partial charge < -0.3 is 0 Å². The lowest BCUT2D eigenvalue weighted by Crippen LogP contribution is -2.09. The van der Waals surface area contributed by atoms with Gasteiger partial charge in [-0.3, -0.25) is 0 Å². The molecule has 1 saturated heterocycles. The van der Waals surface area contributed by atoms with Crippen LogP contribution in [0.4, 0.5) is 0 Å². The summed E-state index contributed by atoms with van der Waals surface area (Å²) in [6, 6.07) is 0. The monoisotopic (exact) mass is 242 g/mol. The lowest BCUT2D eigenvalue weighted by atomic mass is 10.2. The first kappa shape index (κ1) is 7.19. The van der Waals surface area contributed by atoms with Crippen molar-refractivity contribution in [3.63, 3.8) is 0 Å². The molecule has 0 aliphatic carbocycles. The molecular weight excluding hydrogens is 231 g/mol. The summed E-state index contributed by atoms with van der Waals surface area (Å²) in [6.45, 7) is 0. The molecular formula is C6H11IS. The molecule has 8 heavy (non-hydrogen) atoms. The summed E-state index contributed by atoms with van der Waals surface area (Å²) in [5, 5.41) is 0.990. The summed E-state index contributed by atoms with van der Waals surface area (Å²) in [7, 11) is 0. The zero-order valence-electron chi connectivity index (χ0n) is 4.90. The van der Waals surface area contributed by atoms with E-state index in [0.717, 1.165) is 5.25 Å². The SMILES string of the molecule is ICC1CCCCS1. The minimum atomic E-state index is 0.990. The lowest BCUT2D eigenvalue weighted by Gasteiger charge is -2.17. The summed E-state index contributed by atoms with van der Waals surface area (Å²) >= 11 is 4.64. The van der Waals surface area contributed by atoms with Crippen molar-refractivity contribution in [2.45, 2.75) is 24.5 Å². The Morgan fingerprint density at radius 1 is 1.50 bits per heavy atom. The summed E-state index contributed by atoms with van der Waals surface area (Å²) < 4.78 is 1.35. The van der Waals surface area contributed by atoms with Gasteiger partial charge in [-0.2, -0.15) is 11.8 Å². The third-order valence-electron chi connectivity index (χ3n) is 1.45. The summed E-state index contributed by atoms with van der Waals surface area (Å²) in [6.07, 6.45) is 4.39. The first-order valence-corrected chi connectivity index (χ1v) is 5.68. The fourth-order valence-corrected chi connectivity index (χ4v) is 3.26. The van der Waals surface area contributed by atoms with Crippen molar-refractivity contribution >= 4 is 34.4 Å². The Morgan fingerprint density at radius 2 is 2.38 bits per heavy atom. The van der Waals surface area contributed by atoms with Crippen LogP contribution < -0.4 is 0 Å². The van der Waals surface area contributed by atoms with Crippen LogP contribution in [0.5, 0.6) is 0 Å². The smallest absolute Gasteiger partial charge is 0.0137 e. The number of halogens is 1. The van der Waals surface area contributed by atoms with Crippen LogP contribution in [-0.4, -0.2) is 15.4 Å². The van der Waals surface area contributed by atoms with E-state index < -0.39 is 0 Å². The topological polar surface area (TPSA) is 0 Å². The maximum Gasteiger partial charge on any atom is 0.0137 e. The molecule has 0 aromatic carbocycles. The molecule has 48 valence electrons. The summed E-state index contributed by atoms with van der Waals surface area (Å²) in [4.78, 5) is 0. The predicted octanol–water partition coefficient (Wildman–Crippen LogP) is 2.71. The molecule has 1 atom stereocenters. The van der Waals surface area contributed by atoms with Gasteiger partial charge in [0.05, 0.1) is 0 Å². The van der Waals surface area contributed by atoms with Crippen LogP contribution in [0.25, 0.3) is 0 Å². The normalized spacial score (nSPS) is 30.4. The van der Waals surface area contributed by atoms with Gasteiger partial charge in [0.2, 0.25) is 0 Å². The standard InChI is InChI=1S/C6H11IS/c7-5-6-3-1-2-4-8-6/h6H,1-5H2. The Labute approximate surface area is 68.9 Å². The van der Waals surface area contributed by atoms with Gasteiger partial charge in [0.1, 0.15) is 0 Å². The zero-order valence-corrected chi connectivity index (χ0v) is 7.87. The van der Waals surface area contributed by atoms with Crippen molar-refractivity contribution in [1.82, 2.24) is 0 Å². The van der Waals surface area contributed by atoms with Gasteiger partial charge in [0.15, 0.2) is 0 Å². The number of rotatable bonds is 1. The van der Waals surface area contributed by atoms with E-state index in [0.29, 0.717) is 0 Å². The molecule has 0 aromatic heterocycles. The highest BCUT2D eigenvalue weighted by molar-refractivity contribution is 14.1. The molecule has 1 heterocycles. The van der Waals surface area contributed by atoms with Crippen LogP contribution in [0.1, 0.15) is 19.3 Å². The first-order valence-electron chi connectivity index (χ1n) is 3.11. The Hall–Kier alpha value is 1.08. The average Bonchev–Trinajstić information content (AvgIpc) is 1.90. The molecule has 1 fully saturated rings. The summed E-state index contributed by atoms with van der Waals surface area (Å²) in [5.41, 5.74) is 0. The van der Waals surface area contributed by atoms with Gasteiger partial charge in [-0.05, 0) is 18.6 Å². The molecule has 0 nitrogen and oxygen atoms in total. The van der Waals surface area contributed by atoms with E-state index in [1.54, 1.807) is 0 Å². The molecule has 1 aliphatic rings. The van der Waals surface area contributed by atoms with Gasteiger partial charge in [-0.25, -0.2) is 0 Å². The van der Waals surface area contributed by atoms with Crippen LogP contribution >= 0.6 is 34.4 Å². The van der Waals surface area contributed by atoms with E-state index in [1.807, 2.05) is 0 Å². The van der Waals surface area contributed by atoms with E-state index in [1.165, 1.54) is 29.4 Å². The second-order valence-electron chi connectivity index (χ2n) is 2.14. The van der Waals surface area contributed by atoms with E-state index >= 15 is 0 Å².